The fourth-order valence-electron chi connectivity index (χ4n) is 3.74. The lowest BCUT2D eigenvalue weighted by atomic mass is 9.84. The van der Waals surface area contributed by atoms with Gasteiger partial charge in [-0.05, 0) is 18.8 Å². The number of carbonyl (C=O) groups is 2. The van der Waals surface area contributed by atoms with Gasteiger partial charge in [-0.25, -0.2) is 0 Å². The predicted octanol–water partition coefficient (Wildman–Crippen LogP) is 1.80. The van der Waals surface area contributed by atoms with Crippen molar-refractivity contribution in [2.24, 2.45) is 22.2 Å². The summed E-state index contributed by atoms with van der Waals surface area (Å²) in [5, 5.41) is 0. The first kappa shape index (κ1) is 12.2. The van der Waals surface area contributed by atoms with Crippen molar-refractivity contribution in [2.45, 2.75) is 34.1 Å². The number of ether oxygens (including phenoxy) is 1. The van der Waals surface area contributed by atoms with E-state index in [1.807, 2.05) is 20.8 Å². The van der Waals surface area contributed by atoms with Crippen LogP contribution in [0.25, 0.3) is 0 Å². The largest absolute Gasteiger partial charge is 0.465 e. The van der Waals surface area contributed by atoms with Crippen molar-refractivity contribution in [2.75, 3.05) is 6.61 Å². The molecule has 0 amide bonds. The first-order valence-electron chi connectivity index (χ1n) is 5.99. The summed E-state index contributed by atoms with van der Waals surface area (Å²) in [4.78, 5) is 24.1. The highest BCUT2D eigenvalue weighted by atomic mass is 16.5. The Morgan fingerprint density at radius 1 is 1.53 bits per heavy atom. The molecule has 0 N–H and O–H groups in total. The summed E-state index contributed by atoms with van der Waals surface area (Å²) in [6.45, 7) is 7.93. The molecule has 2 unspecified atom stereocenters. The summed E-state index contributed by atoms with van der Waals surface area (Å²) in [6.07, 6.45) is 6.05. The lowest BCUT2D eigenvalue weighted by molar-refractivity contribution is -0.152. The molecule has 3 atom stereocenters. The Bertz CT molecular complexity index is 443. The van der Waals surface area contributed by atoms with E-state index in [1.165, 1.54) is 0 Å². The molecule has 2 rings (SSSR count). The molecule has 0 spiro atoms. The summed E-state index contributed by atoms with van der Waals surface area (Å²) in [7, 11) is 0. The van der Waals surface area contributed by atoms with E-state index in [1.54, 1.807) is 6.92 Å². The van der Waals surface area contributed by atoms with Crippen molar-refractivity contribution >= 4 is 11.8 Å². The molecule has 2 aliphatic rings. The second-order valence-electron chi connectivity index (χ2n) is 5.67. The lowest BCUT2D eigenvalue weighted by Gasteiger charge is -2.19. The number of Topliss-reactive ketones (excluding diaryl/α,β-unsaturated/α-hetero) is 1. The SMILES string of the molecule is C#CC12CC(C(=O)OCC)C(=O)[C@@]1(C)C2(C)C. The molecule has 2 aliphatic carbocycles. The Kier molecular flexibility index (Phi) is 2.24. The summed E-state index contributed by atoms with van der Waals surface area (Å²) in [5.41, 5.74) is -1.24. The third kappa shape index (κ3) is 1.000. The minimum Gasteiger partial charge on any atom is -0.465 e. The lowest BCUT2D eigenvalue weighted by Crippen LogP contribution is -2.30. The van der Waals surface area contributed by atoms with Gasteiger partial charge in [0.25, 0.3) is 0 Å². The maximum atomic E-state index is 12.4. The molecule has 0 bridgehead atoms. The molecule has 0 aromatic carbocycles. The van der Waals surface area contributed by atoms with E-state index in [9.17, 15) is 9.59 Å². The highest BCUT2D eigenvalue weighted by Gasteiger charge is 2.87. The summed E-state index contributed by atoms with van der Waals surface area (Å²) >= 11 is 0. The molecule has 92 valence electrons. The molecule has 0 saturated heterocycles. The zero-order valence-electron chi connectivity index (χ0n) is 10.8. The molecule has 0 aromatic rings. The van der Waals surface area contributed by atoms with E-state index in [2.05, 4.69) is 5.92 Å². The molecule has 0 aliphatic heterocycles. The van der Waals surface area contributed by atoms with Crippen LogP contribution in [-0.2, 0) is 14.3 Å². The van der Waals surface area contributed by atoms with Gasteiger partial charge < -0.3 is 4.74 Å². The Hall–Kier alpha value is -1.30. The average Bonchev–Trinajstić information content (AvgIpc) is 2.51. The molecule has 0 radical (unpaired) electrons. The van der Waals surface area contributed by atoms with E-state index in [0.29, 0.717) is 13.0 Å². The topological polar surface area (TPSA) is 43.4 Å². The molecule has 3 nitrogen and oxygen atoms in total. The van der Waals surface area contributed by atoms with E-state index in [4.69, 9.17) is 11.2 Å². The first-order chi connectivity index (χ1) is 7.80. The fraction of sp³-hybridized carbons (Fsp3) is 0.714. The highest BCUT2D eigenvalue weighted by Crippen LogP contribution is 2.84. The molecule has 2 saturated carbocycles. The van der Waals surface area contributed by atoms with Crippen molar-refractivity contribution in [3.05, 3.63) is 0 Å². The number of hydrogen-bond donors (Lipinski definition) is 0. The van der Waals surface area contributed by atoms with Gasteiger partial charge in [-0.3, -0.25) is 9.59 Å². The zero-order chi connectivity index (χ0) is 13.1. The van der Waals surface area contributed by atoms with Crippen LogP contribution in [0.2, 0.25) is 0 Å². The van der Waals surface area contributed by atoms with Crippen molar-refractivity contribution < 1.29 is 14.3 Å². The molecular formula is C14H18O3. The van der Waals surface area contributed by atoms with E-state index < -0.39 is 22.7 Å². The maximum Gasteiger partial charge on any atom is 0.316 e. The standard InChI is InChI=1S/C14H18O3/c1-6-14-8-9(11(16)17-7-2)10(15)13(14,5)12(14,3)4/h1,9H,7-8H2,2-5H3/t9?,13-,14?/m0/s1. The summed E-state index contributed by atoms with van der Waals surface area (Å²) < 4.78 is 4.94. The van der Waals surface area contributed by atoms with Gasteiger partial charge in [0.15, 0.2) is 5.78 Å². The molecular weight excluding hydrogens is 216 g/mol. The van der Waals surface area contributed by atoms with Crippen molar-refractivity contribution in [1.82, 2.24) is 0 Å². The van der Waals surface area contributed by atoms with Crippen LogP contribution in [0.1, 0.15) is 34.1 Å². The molecule has 17 heavy (non-hydrogen) atoms. The van der Waals surface area contributed by atoms with Crippen LogP contribution in [0, 0.1) is 34.5 Å². The third-order valence-electron chi connectivity index (χ3n) is 5.25. The number of terminal acetylenes is 1. The summed E-state index contributed by atoms with van der Waals surface area (Å²) in [6, 6.07) is 0. The Morgan fingerprint density at radius 2 is 2.12 bits per heavy atom. The van der Waals surface area contributed by atoms with Gasteiger partial charge in [0, 0.05) is 0 Å². The van der Waals surface area contributed by atoms with Gasteiger partial charge in [-0.2, -0.15) is 0 Å². The third-order valence-corrected chi connectivity index (χ3v) is 5.25. The first-order valence-corrected chi connectivity index (χ1v) is 5.99. The smallest absolute Gasteiger partial charge is 0.316 e. The molecule has 2 fully saturated rings. The molecule has 3 heteroatoms. The molecule has 0 aromatic heterocycles. The van der Waals surface area contributed by atoms with E-state index in [-0.39, 0.29) is 11.2 Å². The minimum atomic E-state index is -0.663. The Balaban J connectivity index is 2.33. The Labute approximate surface area is 102 Å². The predicted molar refractivity (Wildman–Crippen MR) is 62.9 cm³/mol. The van der Waals surface area contributed by atoms with Gasteiger partial charge in [-0.1, -0.05) is 26.7 Å². The minimum absolute atomic E-state index is 0.0427. The van der Waals surface area contributed by atoms with Crippen LogP contribution in [-0.4, -0.2) is 18.4 Å². The van der Waals surface area contributed by atoms with Crippen LogP contribution in [0.4, 0.5) is 0 Å². The van der Waals surface area contributed by atoms with Gasteiger partial charge in [0.1, 0.15) is 5.92 Å². The number of carbonyl (C=O) groups excluding carboxylic acids is 2. The Morgan fingerprint density at radius 3 is 2.53 bits per heavy atom. The highest BCUT2D eigenvalue weighted by molar-refractivity contribution is 6.08. The number of ketones is 1. The van der Waals surface area contributed by atoms with Crippen LogP contribution in [0.15, 0.2) is 0 Å². The quantitative estimate of drug-likeness (QED) is 0.416. The monoisotopic (exact) mass is 234 g/mol. The summed E-state index contributed by atoms with van der Waals surface area (Å²) in [5.74, 6) is 1.65. The van der Waals surface area contributed by atoms with Gasteiger partial charge in [-0.15, -0.1) is 6.42 Å². The van der Waals surface area contributed by atoms with Crippen molar-refractivity contribution in [1.29, 1.82) is 0 Å². The zero-order valence-corrected chi connectivity index (χ0v) is 10.8. The van der Waals surface area contributed by atoms with E-state index in [0.717, 1.165) is 0 Å². The van der Waals surface area contributed by atoms with Crippen LogP contribution >= 0.6 is 0 Å². The number of fused-ring (bicyclic) bond motifs is 1. The van der Waals surface area contributed by atoms with Crippen LogP contribution in [0.3, 0.4) is 0 Å². The van der Waals surface area contributed by atoms with E-state index >= 15 is 0 Å². The van der Waals surface area contributed by atoms with Gasteiger partial charge in [0.05, 0.1) is 17.4 Å². The number of esters is 1. The normalized spacial score (nSPS) is 41.6. The number of hydrogen-bond acceptors (Lipinski definition) is 3. The fourth-order valence-corrected chi connectivity index (χ4v) is 3.74. The second kappa shape index (κ2) is 3.13. The van der Waals surface area contributed by atoms with Crippen molar-refractivity contribution in [3.63, 3.8) is 0 Å². The van der Waals surface area contributed by atoms with Crippen LogP contribution in [0.5, 0.6) is 0 Å². The number of rotatable bonds is 2. The molecule has 0 heterocycles. The second-order valence-corrected chi connectivity index (χ2v) is 5.67. The van der Waals surface area contributed by atoms with Crippen LogP contribution < -0.4 is 0 Å². The maximum absolute atomic E-state index is 12.4. The van der Waals surface area contributed by atoms with Gasteiger partial charge >= 0.3 is 5.97 Å². The average molecular weight is 234 g/mol. The van der Waals surface area contributed by atoms with Gasteiger partial charge in [0.2, 0.25) is 0 Å². The van der Waals surface area contributed by atoms with Crippen molar-refractivity contribution in [3.8, 4) is 12.3 Å².